The Labute approximate surface area is 125 Å². The van der Waals surface area contributed by atoms with Gasteiger partial charge in [0.25, 0.3) is 0 Å². The lowest BCUT2D eigenvalue weighted by molar-refractivity contribution is -0.137. The SMILES string of the molecule is O=C(CO)[C@@H](O)[C@H](O)CO.O=C[C@H](O)[C@H](O)[C@H](O)[C@H](O)CO. The number of carbonyl (C=O) groups is 2. The van der Waals surface area contributed by atoms with Crippen LogP contribution in [0.25, 0.3) is 0 Å². The molecule has 6 atom stereocenters. The highest BCUT2D eigenvalue weighted by atomic mass is 16.4. The van der Waals surface area contributed by atoms with E-state index in [4.69, 9.17) is 46.0 Å². The minimum atomic E-state index is -1.79. The molecule has 0 saturated carbocycles. The Balaban J connectivity index is 0. The molecule has 9 N–H and O–H groups in total. The third-order valence-corrected chi connectivity index (χ3v) is 2.46. The number of aliphatic hydroxyl groups excluding tert-OH is 9. The predicted octanol–water partition coefficient (Wildman–Crippen LogP) is -6.12. The Morgan fingerprint density at radius 3 is 1.59 bits per heavy atom. The molecule has 0 saturated heterocycles. The number of Topliss-reactive ketones (excluding diaryl/α,β-unsaturated/α-hetero) is 1. The van der Waals surface area contributed by atoms with Gasteiger partial charge in [0.15, 0.2) is 12.1 Å². The van der Waals surface area contributed by atoms with Crippen LogP contribution in [0.2, 0.25) is 0 Å². The molecule has 0 aliphatic carbocycles. The zero-order chi connectivity index (χ0) is 17.9. The number of carbonyl (C=O) groups excluding carboxylic acids is 2. The summed E-state index contributed by atoms with van der Waals surface area (Å²) in [5.74, 6) is -0.901. The van der Waals surface area contributed by atoms with Gasteiger partial charge < -0.3 is 50.8 Å². The van der Waals surface area contributed by atoms with Crippen LogP contribution in [-0.2, 0) is 9.59 Å². The monoisotopic (exact) mass is 330 g/mol. The fourth-order valence-electron chi connectivity index (χ4n) is 1.03. The van der Waals surface area contributed by atoms with E-state index in [2.05, 4.69) is 0 Å². The molecule has 0 radical (unpaired) electrons. The Morgan fingerprint density at radius 2 is 1.27 bits per heavy atom. The van der Waals surface area contributed by atoms with Crippen molar-refractivity contribution in [3.63, 3.8) is 0 Å². The summed E-state index contributed by atoms with van der Waals surface area (Å²) in [6.45, 7) is -2.30. The van der Waals surface area contributed by atoms with Gasteiger partial charge in [-0.15, -0.1) is 0 Å². The molecule has 11 nitrogen and oxygen atoms in total. The number of aliphatic hydroxyl groups is 9. The molecule has 0 amide bonds. The summed E-state index contributed by atoms with van der Waals surface area (Å²) >= 11 is 0. The van der Waals surface area contributed by atoms with Crippen LogP contribution in [0.4, 0.5) is 0 Å². The van der Waals surface area contributed by atoms with Crippen molar-refractivity contribution in [2.24, 2.45) is 0 Å². The van der Waals surface area contributed by atoms with Gasteiger partial charge in [0, 0.05) is 0 Å². The van der Waals surface area contributed by atoms with Gasteiger partial charge in [0.05, 0.1) is 13.2 Å². The van der Waals surface area contributed by atoms with Crippen molar-refractivity contribution in [2.45, 2.75) is 36.6 Å². The molecule has 11 heteroatoms. The van der Waals surface area contributed by atoms with Crippen LogP contribution in [0.15, 0.2) is 0 Å². The molecule has 0 aliphatic heterocycles. The second-order valence-corrected chi connectivity index (χ2v) is 4.18. The van der Waals surface area contributed by atoms with Crippen LogP contribution in [0, 0.1) is 0 Å². The van der Waals surface area contributed by atoms with E-state index in [1.807, 2.05) is 0 Å². The van der Waals surface area contributed by atoms with Gasteiger partial charge in [-0.1, -0.05) is 0 Å². The Kier molecular flexibility index (Phi) is 13.2. The van der Waals surface area contributed by atoms with Crippen molar-refractivity contribution in [3.8, 4) is 0 Å². The summed E-state index contributed by atoms with van der Waals surface area (Å²) in [5, 5.41) is 77.2. The summed E-state index contributed by atoms with van der Waals surface area (Å²) in [6.07, 6.45) is -10.0. The Hall–Kier alpha value is -1.02. The van der Waals surface area contributed by atoms with E-state index in [0.29, 0.717) is 0 Å². The third-order valence-electron chi connectivity index (χ3n) is 2.46. The maximum atomic E-state index is 10.3. The topological polar surface area (TPSA) is 216 Å². The third kappa shape index (κ3) is 8.43. The normalized spacial score (nSPS) is 19.0. The maximum absolute atomic E-state index is 10.3. The average molecular weight is 330 g/mol. The van der Waals surface area contributed by atoms with E-state index in [9.17, 15) is 9.59 Å². The zero-order valence-corrected chi connectivity index (χ0v) is 11.5. The first-order chi connectivity index (χ1) is 10.2. The number of hydrogen-bond acceptors (Lipinski definition) is 11. The molecule has 22 heavy (non-hydrogen) atoms. The lowest BCUT2D eigenvalue weighted by atomic mass is 10.0. The van der Waals surface area contributed by atoms with Crippen LogP contribution in [0.5, 0.6) is 0 Å². The van der Waals surface area contributed by atoms with Crippen molar-refractivity contribution >= 4 is 12.1 Å². The van der Waals surface area contributed by atoms with Gasteiger partial charge in [-0.2, -0.15) is 0 Å². The number of aldehydes is 1. The zero-order valence-electron chi connectivity index (χ0n) is 11.5. The summed E-state index contributed by atoms with van der Waals surface area (Å²) in [6, 6.07) is 0. The molecule has 0 aliphatic rings. The first-order valence-corrected chi connectivity index (χ1v) is 6.06. The van der Waals surface area contributed by atoms with Crippen LogP contribution in [0.3, 0.4) is 0 Å². The van der Waals surface area contributed by atoms with Crippen molar-refractivity contribution in [3.05, 3.63) is 0 Å². The van der Waals surface area contributed by atoms with Gasteiger partial charge in [-0.3, -0.25) is 4.79 Å². The molecular formula is C11H22O11. The molecule has 0 rings (SSSR count). The Morgan fingerprint density at radius 1 is 0.818 bits per heavy atom. The van der Waals surface area contributed by atoms with E-state index in [-0.39, 0.29) is 6.29 Å². The largest absolute Gasteiger partial charge is 0.394 e. The van der Waals surface area contributed by atoms with E-state index in [1.165, 1.54) is 0 Å². The molecule has 0 spiro atoms. The minimum absolute atomic E-state index is 0.0258. The van der Waals surface area contributed by atoms with Crippen LogP contribution in [0.1, 0.15) is 0 Å². The fraction of sp³-hybridized carbons (Fsp3) is 0.818. The number of hydrogen-bond donors (Lipinski definition) is 9. The molecular weight excluding hydrogens is 308 g/mol. The van der Waals surface area contributed by atoms with Gasteiger partial charge in [-0.25, -0.2) is 0 Å². The summed E-state index contributed by atoms with van der Waals surface area (Å²) in [5.41, 5.74) is 0. The smallest absolute Gasteiger partial charge is 0.189 e. The Bertz CT molecular complexity index is 310. The van der Waals surface area contributed by atoms with Crippen molar-refractivity contribution in [2.75, 3.05) is 19.8 Å². The molecule has 132 valence electrons. The highest BCUT2D eigenvalue weighted by molar-refractivity contribution is 5.84. The highest BCUT2D eigenvalue weighted by Gasteiger charge is 2.29. The van der Waals surface area contributed by atoms with Gasteiger partial charge in [0.2, 0.25) is 0 Å². The van der Waals surface area contributed by atoms with E-state index in [1.54, 1.807) is 0 Å². The molecule has 0 aromatic carbocycles. The molecule has 0 fully saturated rings. The highest BCUT2D eigenvalue weighted by Crippen LogP contribution is 2.02. The average Bonchev–Trinajstić information content (AvgIpc) is 2.56. The fourth-order valence-corrected chi connectivity index (χ4v) is 1.03. The summed E-state index contributed by atoms with van der Waals surface area (Å²) in [4.78, 5) is 20.2. The molecule has 0 unspecified atom stereocenters. The van der Waals surface area contributed by atoms with E-state index < -0.39 is 62.2 Å². The summed E-state index contributed by atoms with van der Waals surface area (Å²) in [7, 11) is 0. The first-order valence-electron chi connectivity index (χ1n) is 6.06. The predicted molar refractivity (Wildman–Crippen MR) is 68.4 cm³/mol. The quantitative estimate of drug-likeness (QED) is 0.181. The van der Waals surface area contributed by atoms with Crippen molar-refractivity contribution in [1.82, 2.24) is 0 Å². The van der Waals surface area contributed by atoms with Gasteiger partial charge in [0.1, 0.15) is 43.2 Å². The van der Waals surface area contributed by atoms with Crippen molar-refractivity contribution in [1.29, 1.82) is 0 Å². The lowest BCUT2D eigenvalue weighted by Crippen LogP contribution is -2.46. The van der Waals surface area contributed by atoms with E-state index in [0.717, 1.165) is 0 Å². The van der Waals surface area contributed by atoms with Gasteiger partial charge >= 0.3 is 0 Å². The number of rotatable bonds is 9. The lowest BCUT2D eigenvalue weighted by Gasteiger charge is -2.22. The maximum Gasteiger partial charge on any atom is 0.189 e. The second kappa shape index (κ2) is 12.5. The number of ketones is 1. The van der Waals surface area contributed by atoms with Crippen molar-refractivity contribution < 1.29 is 55.5 Å². The standard InChI is InChI=1S/C6H12O6.C5H10O5/c7-1-3(9)5(11)6(12)4(10)2-8;6-1-3(8)5(10)4(9)2-7/h1,3-6,8-12H,2H2;3,5-8,10H,1-2H2/t3-,4+,5-,6+;3-,5+/m01/s1. The molecule has 0 bridgehead atoms. The molecule has 0 aromatic rings. The first kappa shape index (κ1) is 23.2. The van der Waals surface area contributed by atoms with E-state index >= 15 is 0 Å². The molecule has 0 heterocycles. The summed E-state index contributed by atoms with van der Waals surface area (Å²) < 4.78 is 0. The molecule has 0 aromatic heterocycles. The van der Waals surface area contributed by atoms with Crippen LogP contribution >= 0.6 is 0 Å². The minimum Gasteiger partial charge on any atom is -0.394 e. The van der Waals surface area contributed by atoms with Crippen LogP contribution < -0.4 is 0 Å². The van der Waals surface area contributed by atoms with Crippen LogP contribution in [-0.4, -0.2) is 114 Å². The van der Waals surface area contributed by atoms with Gasteiger partial charge in [-0.05, 0) is 0 Å². The second-order valence-electron chi connectivity index (χ2n) is 4.18.